The molecule has 0 aliphatic carbocycles. The van der Waals surface area contributed by atoms with E-state index in [0.717, 1.165) is 11.1 Å². The molecule has 0 bridgehead atoms. The molecule has 6 rings (SSSR count). The van der Waals surface area contributed by atoms with Crippen molar-refractivity contribution in [1.29, 1.82) is 0 Å². The van der Waals surface area contributed by atoms with E-state index < -0.39 is 76.9 Å². The number of nitrogens with two attached hydrogens (primary N) is 1. The lowest BCUT2D eigenvalue weighted by molar-refractivity contribution is -0.134. The van der Waals surface area contributed by atoms with Gasteiger partial charge in [0.1, 0.15) is 18.1 Å². The van der Waals surface area contributed by atoms with Crippen LogP contribution in [0.5, 0.6) is 0 Å². The van der Waals surface area contributed by atoms with E-state index in [0.29, 0.717) is 48.0 Å². The lowest BCUT2D eigenvalue weighted by Crippen LogP contribution is -2.58. The van der Waals surface area contributed by atoms with Crippen LogP contribution < -0.4 is 27.0 Å². The maximum Gasteiger partial charge on any atom is 0.243 e. The second kappa shape index (κ2) is 17.6. The minimum Gasteiger partial charge on any atom is -0.368 e. The Hall–Kier alpha value is -6.09. The predicted molar refractivity (Wildman–Crippen MR) is 198 cm³/mol. The highest BCUT2D eigenvalue weighted by Crippen LogP contribution is 2.25. The molecule has 7 N–H and O–H groups in total. The minimum absolute atomic E-state index is 0.0309. The smallest absolute Gasteiger partial charge is 0.243 e. The molecular formula is C41H39F5N6O4. The second-order valence-corrected chi connectivity index (χ2v) is 13.7. The highest BCUT2D eigenvalue weighted by atomic mass is 19.2. The number of nitrogens with one attached hydrogen (secondary N) is 5. The van der Waals surface area contributed by atoms with Crippen LogP contribution in [0.4, 0.5) is 22.0 Å². The van der Waals surface area contributed by atoms with Crippen LogP contribution in [-0.2, 0) is 38.4 Å². The molecule has 292 valence electrons. The number of aromatic nitrogens is 1. The van der Waals surface area contributed by atoms with Gasteiger partial charge in [-0.1, -0.05) is 72.8 Å². The van der Waals surface area contributed by atoms with Gasteiger partial charge >= 0.3 is 0 Å². The third kappa shape index (κ3) is 9.05. The van der Waals surface area contributed by atoms with E-state index in [-0.39, 0.29) is 24.7 Å². The molecule has 1 aliphatic rings. The molecule has 0 spiro atoms. The molecule has 4 aromatic carbocycles. The Morgan fingerprint density at radius 3 is 1.84 bits per heavy atom. The van der Waals surface area contributed by atoms with Gasteiger partial charge in [-0.25, -0.2) is 22.0 Å². The summed E-state index contributed by atoms with van der Waals surface area (Å²) in [5.74, 6) is -15.1. The summed E-state index contributed by atoms with van der Waals surface area (Å²) in [6, 6.07) is 19.5. The summed E-state index contributed by atoms with van der Waals surface area (Å²) in [6.45, 7) is 1.24. The molecule has 1 aromatic heterocycles. The molecule has 1 fully saturated rings. The maximum atomic E-state index is 14.6. The van der Waals surface area contributed by atoms with Gasteiger partial charge in [0.2, 0.25) is 29.4 Å². The van der Waals surface area contributed by atoms with Crippen molar-refractivity contribution in [2.24, 2.45) is 11.7 Å². The van der Waals surface area contributed by atoms with Gasteiger partial charge in [0, 0.05) is 47.8 Å². The first kappa shape index (κ1) is 39.6. The molecular weight excluding hydrogens is 735 g/mol. The maximum absolute atomic E-state index is 14.6. The highest BCUT2D eigenvalue weighted by Gasteiger charge is 2.34. The van der Waals surface area contributed by atoms with Crippen LogP contribution >= 0.6 is 0 Å². The Morgan fingerprint density at radius 2 is 1.20 bits per heavy atom. The Kier molecular flexibility index (Phi) is 12.4. The molecule has 0 radical (unpaired) electrons. The lowest BCUT2D eigenvalue weighted by atomic mass is 9.95. The first-order valence-corrected chi connectivity index (χ1v) is 18.0. The summed E-state index contributed by atoms with van der Waals surface area (Å²) in [5, 5.41) is 11.7. The fourth-order valence-corrected chi connectivity index (χ4v) is 6.81. The number of primary amides is 1. The fourth-order valence-electron chi connectivity index (χ4n) is 6.81. The number of carbonyl (C=O) groups is 4. The number of hydrogen-bond acceptors (Lipinski definition) is 5. The number of hydrogen-bond donors (Lipinski definition) is 6. The van der Waals surface area contributed by atoms with Crippen molar-refractivity contribution in [2.45, 2.75) is 50.2 Å². The van der Waals surface area contributed by atoms with Gasteiger partial charge in [-0.2, -0.15) is 0 Å². The van der Waals surface area contributed by atoms with Gasteiger partial charge in [-0.05, 0) is 54.3 Å². The molecule has 0 unspecified atom stereocenters. The summed E-state index contributed by atoms with van der Waals surface area (Å²) >= 11 is 0. The predicted octanol–water partition coefficient (Wildman–Crippen LogP) is 4.50. The van der Waals surface area contributed by atoms with Crippen LogP contribution in [0.3, 0.4) is 0 Å². The number of fused-ring (bicyclic) bond motifs is 1. The van der Waals surface area contributed by atoms with Gasteiger partial charge in [-0.15, -0.1) is 0 Å². The van der Waals surface area contributed by atoms with E-state index in [1.165, 1.54) is 0 Å². The number of para-hydroxylation sites is 1. The number of carbonyl (C=O) groups excluding carboxylic acids is 4. The fraction of sp³-hybridized carbons (Fsp3) is 0.268. The SMILES string of the molecule is NC(=O)[C@H](Cc1c(F)c(F)c(F)c(F)c1F)NC(=O)[C@@H](Cc1c[nH]c2ccccc12)NC(=O)[C@@H](Cc1ccc(-c2ccccc2)cc1)NC(=O)C1CCNCC1. The molecule has 2 heterocycles. The van der Waals surface area contributed by atoms with Gasteiger partial charge in [0.25, 0.3) is 0 Å². The van der Waals surface area contributed by atoms with Gasteiger partial charge in [0.05, 0.1) is 0 Å². The van der Waals surface area contributed by atoms with Crippen molar-refractivity contribution in [1.82, 2.24) is 26.3 Å². The molecule has 15 heteroatoms. The van der Waals surface area contributed by atoms with E-state index in [4.69, 9.17) is 5.73 Å². The van der Waals surface area contributed by atoms with Crippen molar-refractivity contribution in [3.05, 3.63) is 131 Å². The Balaban J connectivity index is 1.29. The normalized spacial score (nSPS) is 14.8. The van der Waals surface area contributed by atoms with Crippen molar-refractivity contribution >= 4 is 34.5 Å². The molecule has 56 heavy (non-hydrogen) atoms. The summed E-state index contributed by atoms with van der Waals surface area (Å²) in [7, 11) is 0. The van der Waals surface area contributed by atoms with Crippen LogP contribution in [0.2, 0.25) is 0 Å². The van der Waals surface area contributed by atoms with E-state index >= 15 is 0 Å². The summed E-state index contributed by atoms with van der Waals surface area (Å²) in [6.07, 6.45) is 1.38. The van der Waals surface area contributed by atoms with Crippen LogP contribution in [0.1, 0.15) is 29.5 Å². The number of benzene rings is 4. The van der Waals surface area contributed by atoms with E-state index in [1.807, 2.05) is 54.6 Å². The van der Waals surface area contributed by atoms with Crippen molar-refractivity contribution in [3.63, 3.8) is 0 Å². The third-order valence-corrected chi connectivity index (χ3v) is 9.94. The molecule has 1 aliphatic heterocycles. The van der Waals surface area contributed by atoms with Crippen LogP contribution in [0.15, 0.2) is 85.1 Å². The molecule has 0 saturated carbocycles. The van der Waals surface area contributed by atoms with E-state index in [2.05, 4.69) is 26.3 Å². The monoisotopic (exact) mass is 774 g/mol. The quantitative estimate of drug-likeness (QED) is 0.0557. The number of amides is 4. The summed E-state index contributed by atoms with van der Waals surface area (Å²) < 4.78 is 71.0. The number of H-pyrrole nitrogens is 1. The molecule has 5 aromatic rings. The largest absolute Gasteiger partial charge is 0.368 e. The summed E-state index contributed by atoms with van der Waals surface area (Å²) in [4.78, 5) is 57.3. The van der Waals surface area contributed by atoms with Gasteiger partial charge < -0.3 is 32.0 Å². The van der Waals surface area contributed by atoms with Crippen LogP contribution in [-0.4, -0.2) is 59.8 Å². The average Bonchev–Trinajstić information content (AvgIpc) is 3.63. The van der Waals surface area contributed by atoms with E-state index in [1.54, 1.807) is 30.5 Å². The van der Waals surface area contributed by atoms with Crippen LogP contribution in [0, 0.1) is 35.0 Å². The first-order valence-electron chi connectivity index (χ1n) is 18.0. The summed E-state index contributed by atoms with van der Waals surface area (Å²) in [5.41, 5.74) is 7.97. The van der Waals surface area contributed by atoms with Crippen molar-refractivity contribution in [3.8, 4) is 11.1 Å². The van der Waals surface area contributed by atoms with Crippen molar-refractivity contribution in [2.75, 3.05) is 13.1 Å². The van der Waals surface area contributed by atoms with Crippen LogP contribution in [0.25, 0.3) is 22.0 Å². The second-order valence-electron chi connectivity index (χ2n) is 13.7. The number of aromatic amines is 1. The lowest BCUT2D eigenvalue weighted by Gasteiger charge is -2.27. The molecule has 10 nitrogen and oxygen atoms in total. The molecule has 1 saturated heterocycles. The average molecular weight is 775 g/mol. The van der Waals surface area contributed by atoms with E-state index in [9.17, 15) is 41.1 Å². The third-order valence-electron chi connectivity index (χ3n) is 9.94. The number of piperidine rings is 1. The van der Waals surface area contributed by atoms with Gasteiger partial charge in [-0.3, -0.25) is 19.2 Å². The van der Waals surface area contributed by atoms with Crippen molar-refractivity contribution < 1.29 is 41.1 Å². The molecule has 3 atom stereocenters. The Bertz CT molecular complexity index is 2200. The molecule has 4 amide bonds. The standard InChI is InChI=1S/C41H39F5N6O4/c42-33-28(34(43)36(45)37(46)35(33)44)20-30(38(47)53)50-41(56)32(19-26-21-49-29-9-5-4-8-27(26)29)52-40(55)31(51-39(54)25-14-16-48-17-15-25)18-22-10-12-24(13-11-22)23-6-2-1-3-7-23/h1-13,21,25,30-32,48-49H,14-20H2,(H2,47,53)(H,50,56)(H,51,54)(H,52,55)/t30-,31+,32+/m0/s1. The zero-order valence-electron chi connectivity index (χ0n) is 29.9. The Morgan fingerprint density at radius 1 is 0.643 bits per heavy atom. The minimum atomic E-state index is -2.39. The Labute approximate surface area is 318 Å². The number of rotatable bonds is 14. The zero-order chi connectivity index (χ0) is 39.9. The first-order chi connectivity index (χ1) is 26.9. The number of halogens is 5. The highest BCUT2D eigenvalue weighted by molar-refractivity contribution is 5.95. The van der Waals surface area contributed by atoms with Gasteiger partial charge in [0.15, 0.2) is 23.3 Å². The zero-order valence-corrected chi connectivity index (χ0v) is 29.9. The topological polar surface area (TPSA) is 158 Å².